The molecule has 0 aliphatic heterocycles. The first-order chi connectivity index (χ1) is 13.4. The fraction of sp³-hybridized carbons (Fsp3) is 0.348. The monoisotopic (exact) mass is 381 g/mol. The average molecular weight is 381 g/mol. The zero-order chi connectivity index (χ0) is 20.5. The molecule has 0 aliphatic rings. The van der Waals surface area contributed by atoms with E-state index in [0.29, 0.717) is 18.4 Å². The number of aliphatic carboxylic acids is 1. The lowest BCUT2D eigenvalue weighted by Crippen LogP contribution is -2.45. The number of nitrogens with one attached hydrogen (secondary N) is 1. The summed E-state index contributed by atoms with van der Waals surface area (Å²) in [5, 5.41) is 12.1. The molecule has 0 saturated carbocycles. The number of carbonyl (C=O) groups excluding carboxylic acids is 2. The standard InChI is InChI=1S/C23H27NO4/c1-16(2)13-20(23(27)28)24-22(26)19(14-17-9-5-3-6-10-17)15-21(25)18-11-7-4-8-12-18/h3-12,16,19-20H,13-15H2,1-2H3,(H,24,26)(H,27,28)/t19?,20-/m1/s1. The Kier molecular flexibility index (Phi) is 7.93. The summed E-state index contributed by atoms with van der Waals surface area (Å²) in [5.74, 6) is -2.10. The van der Waals surface area contributed by atoms with E-state index in [-0.39, 0.29) is 18.1 Å². The number of amides is 1. The van der Waals surface area contributed by atoms with Crippen LogP contribution >= 0.6 is 0 Å². The van der Waals surface area contributed by atoms with E-state index in [1.165, 1.54) is 0 Å². The fourth-order valence-corrected chi connectivity index (χ4v) is 3.10. The summed E-state index contributed by atoms with van der Waals surface area (Å²) in [4.78, 5) is 37.0. The van der Waals surface area contributed by atoms with Crippen molar-refractivity contribution in [2.45, 2.75) is 39.2 Å². The molecule has 5 nitrogen and oxygen atoms in total. The van der Waals surface area contributed by atoms with Crippen molar-refractivity contribution in [3.05, 3.63) is 71.8 Å². The average Bonchev–Trinajstić information content (AvgIpc) is 2.68. The Labute approximate surface area is 165 Å². The molecule has 0 heterocycles. The van der Waals surface area contributed by atoms with Gasteiger partial charge in [0.1, 0.15) is 6.04 Å². The van der Waals surface area contributed by atoms with Gasteiger partial charge in [0.2, 0.25) is 5.91 Å². The second-order valence-corrected chi connectivity index (χ2v) is 7.41. The highest BCUT2D eigenvalue weighted by atomic mass is 16.4. The predicted molar refractivity (Wildman–Crippen MR) is 108 cm³/mol. The third-order valence-corrected chi connectivity index (χ3v) is 4.54. The Bertz CT molecular complexity index is 787. The third kappa shape index (κ3) is 6.65. The highest BCUT2D eigenvalue weighted by molar-refractivity contribution is 5.99. The molecule has 0 aromatic heterocycles. The van der Waals surface area contributed by atoms with Crippen LogP contribution in [0.1, 0.15) is 42.6 Å². The number of Topliss-reactive ketones (excluding diaryl/α,β-unsaturated/α-hetero) is 1. The molecule has 2 aromatic rings. The van der Waals surface area contributed by atoms with Crippen molar-refractivity contribution >= 4 is 17.7 Å². The molecule has 28 heavy (non-hydrogen) atoms. The molecule has 2 N–H and O–H groups in total. The maximum atomic E-state index is 12.9. The van der Waals surface area contributed by atoms with E-state index in [4.69, 9.17) is 0 Å². The summed E-state index contributed by atoms with van der Waals surface area (Å²) in [7, 11) is 0. The molecule has 2 atom stereocenters. The zero-order valence-corrected chi connectivity index (χ0v) is 16.3. The van der Waals surface area contributed by atoms with Crippen molar-refractivity contribution in [2.75, 3.05) is 0 Å². The maximum Gasteiger partial charge on any atom is 0.326 e. The Morgan fingerprint density at radius 2 is 1.50 bits per heavy atom. The highest BCUT2D eigenvalue weighted by Gasteiger charge is 2.28. The Morgan fingerprint density at radius 1 is 0.929 bits per heavy atom. The number of ketones is 1. The first-order valence-electron chi connectivity index (χ1n) is 9.52. The second kappa shape index (κ2) is 10.4. The van der Waals surface area contributed by atoms with E-state index >= 15 is 0 Å². The SMILES string of the molecule is CC(C)C[C@@H](NC(=O)C(CC(=O)c1ccccc1)Cc1ccccc1)C(=O)O. The summed E-state index contributed by atoms with van der Waals surface area (Å²) in [6.07, 6.45) is 0.740. The van der Waals surface area contributed by atoms with E-state index in [9.17, 15) is 19.5 Å². The summed E-state index contributed by atoms with van der Waals surface area (Å²) in [5.41, 5.74) is 1.48. The molecule has 0 fully saturated rings. The second-order valence-electron chi connectivity index (χ2n) is 7.41. The molecule has 1 amide bonds. The van der Waals surface area contributed by atoms with Crippen LogP contribution in [-0.4, -0.2) is 28.8 Å². The number of carboxylic acid groups (broad SMARTS) is 1. The van der Waals surface area contributed by atoms with Gasteiger partial charge in [0.25, 0.3) is 0 Å². The Hall–Kier alpha value is -2.95. The number of benzene rings is 2. The minimum Gasteiger partial charge on any atom is -0.480 e. The largest absolute Gasteiger partial charge is 0.480 e. The zero-order valence-electron chi connectivity index (χ0n) is 16.3. The van der Waals surface area contributed by atoms with Gasteiger partial charge < -0.3 is 10.4 Å². The van der Waals surface area contributed by atoms with Crippen LogP contribution < -0.4 is 5.32 Å². The van der Waals surface area contributed by atoms with E-state index in [2.05, 4.69) is 5.32 Å². The first kappa shape index (κ1) is 21.4. The van der Waals surface area contributed by atoms with Crippen LogP contribution in [0.4, 0.5) is 0 Å². The topological polar surface area (TPSA) is 83.5 Å². The quantitative estimate of drug-likeness (QED) is 0.614. The van der Waals surface area contributed by atoms with Gasteiger partial charge >= 0.3 is 5.97 Å². The molecular weight excluding hydrogens is 354 g/mol. The van der Waals surface area contributed by atoms with Gasteiger partial charge in [-0.2, -0.15) is 0 Å². The molecule has 0 spiro atoms. The number of hydrogen-bond donors (Lipinski definition) is 2. The summed E-state index contributed by atoms with van der Waals surface area (Å²) in [6, 6.07) is 17.3. The minimum absolute atomic E-state index is 0.0265. The molecule has 0 bridgehead atoms. The Balaban J connectivity index is 2.17. The van der Waals surface area contributed by atoms with Crippen molar-refractivity contribution in [3.63, 3.8) is 0 Å². The van der Waals surface area contributed by atoms with Crippen LogP contribution in [0.2, 0.25) is 0 Å². The fourth-order valence-electron chi connectivity index (χ4n) is 3.10. The van der Waals surface area contributed by atoms with E-state index in [0.717, 1.165) is 5.56 Å². The summed E-state index contributed by atoms with van der Waals surface area (Å²) >= 11 is 0. The maximum absolute atomic E-state index is 12.9. The lowest BCUT2D eigenvalue weighted by atomic mass is 9.90. The minimum atomic E-state index is -1.06. The Morgan fingerprint density at radius 3 is 2.04 bits per heavy atom. The van der Waals surface area contributed by atoms with Gasteiger partial charge in [-0.05, 0) is 24.3 Å². The van der Waals surface area contributed by atoms with Crippen molar-refractivity contribution in [1.82, 2.24) is 5.32 Å². The lowest BCUT2D eigenvalue weighted by molar-refractivity contribution is -0.142. The third-order valence-electron chi connectivity index (χ3n) is 4.54. The predicted octanol–water partition coefficient (Wildman–Crippen LogP) is 3.73. The molecule has 2 rings (SSSR count). The molecule has 0 radical (unpaired) electrons. The van der Waals surface area contributed by atoms with E-state index < -0.39 is 23.8 Å². The molecule has 5 heteroatoms. The summed E-state index contributed by atoms with van der Waals surface area (Å²) in [6.45, 7) is 3.81. The molecule has 2 aromatic carbocycles. The molecular formula is C23H27NO4. The number of rotatable bonds is 10. The smallest absolute Gasteiger partial charge is 0.326 e. The van der Waals surface area contributed by atoms with Gasteiger partial charge in [-0.3, -0.25) is 9.59 Å². The van der Waals surface area contributed by atoms with Gasteiger partial charge in [0, 0.05) is 17.9 Å². The van der Waals surface area contributed by atoms with Gasteiger partial charge in [0.15, 0.2) is 5.78 Å². The van der Waals surface area contributed by atoms with Crippen LogP contribution in [0.15, 0.2) is 60.7 Å². The number of hydrogen-bond acceptors (Lipinski definition) is 3. The molecule has 0 saturated heterocycles. The number of carbonyl (C=O) groups is 3. The van der Waals surface area contributed by atoms with Crippen molar-refractivity contribution in [2.24, 2.45) is 11.8 Å². The van der Waals surface area contributed by atoms with Crippen LogP contribution in [0, 0.1) is 11.8 Å². The van der Waals surface area contributed by atoms with Crippen LogP contribution in [-0.2, 0) is 16.0 Å². The summed E-state index contributed by atoms with van der Waals surface area (Å²) < 4.78 is 0. The normalized spacial score (nSPS) is 13.0. The van der Waals surface area contributed by atoms with E-state index in [1.807, 2.05) is 50.2 Å². The highest BCUT2D eigenvalue weighted by Crippen LogP contribution is 2.17. The van der Waals surface area contributed by atoms with Gasteiger partial charge in [0.05, 0.1) is 0 Å². The molecule has 148 valence electrons. The molecule has 1 unspecified atom stereocenters. The van der Waals surface area contributed by atoms with Gasteiger partial charge in [-0.25, -0.2) is 4.79 Å². The van der Waals surface area contributed by atoms with Crippen molar-refractivity contribution in [3.8, 4) is 0 Å². The lowest BCUT2D eigenvalue weighted by Gasteiger charge is -2.21. The van der Waals surface area contributed by atoms with Crippen molar-refractivity contribution < 1.29 is 19.5 Å². The first-order valence-corrected chi connectivity index (χ1v) is 9.52. The van der Waals surface area contributed by atoms with Crippen LogP contribution in [0.25, 0.3) is 0 Å². The van der Waals surface area contributed by atoms with E-state index in [1.54, 1.807) is 24.3 Å². The van der Waals surface area contributed by atoms with Gasteiger partial charge in [-0.1, -0.05) is 74.5 Å². The van der Waals surface area contributed by atoms with Crippen molar-refractivity contribution in [1.29, 1.82) is 0 Å². The van der Waals surface area contributed by atoms with Gasteiger partial charge in [-0.15, -0.1) is 0 Å². The number of carboxylic acids is 1. The van der Waals surface area contributed by atoms with Crippen LogP contribution in [0.5, 0.6) is 0 Å². The molecule has 0 aliphatic carbocycles. The van der Waals surface area contributed by atoms with Crippen LogP contribution in [0.3, 0.4) is 0 Å².